The lowest BCUT2D eigenvalue weighted by atomic mass is 9.44. The number of aliphatic hydroxyl groups is 4. The fraction of sp³-hybridized carbons (Fsp3) is 0.810. The molecule has 4 aliphatic rings. The van der Waals surface area contributed by atoms with Gasteiger partial charge in [-0.1, -0.05) is 19.4 Å². The maximum Gasteiger partial charge on any atom is 0.190 e. The number of hydrogen-bond donors (Lipinski definition) is 4. The Kier molecular flexibility index (Phi) is 4.25. The van der Waals surface area contributed by atoms with Crippen LogP contribution in [-0.4, -0.2) is 56.4 Å². The van der Waals surface area contributed by atoms with Crippen molar-refractivity contribution in [3.05, 3.63) is 11.6 Å². The molecule has 0 spiro atoms. The van der Waals surface area contributed by atoms with E-state index in [1.807, 2.05) is 6.92 Å². The van der Waals surface area contributed by atoms with Crippen LogP contribution < -0.4 is 0 Å². The molecule has 6 nitrogen and oxygen atoms in total. The fourth-order valence-corrected chi connectivity index (χ4v) is 7.24. The van der Waals surface area contributed by atoms with Crippen molar-refractivity contribution >= 4 is 11.6 Å². The van der Waals surface area contributed by atoms with Crippen LogP contribution in [0.5, 0.6) is 0 Å². The van der Waals surface area contributed by atoms with Gasteiger partial charge in [0, 0.05) is 11.8 Å². The van der Waals surface area contributed by atoms with E-state index in [9.17, 15) is 30.0 Å². The zero-order chi connectivity index (χ0) is 19.8. The number of fused-ring (bicyclic) bond motifs is 5. The van der Waals surface area contributed by atoms with E-state index in [0.29, 0.717) is 25.7 Å². The number of ketones is 2. The van der Waals surface area contributed by atoms with Crippen molar-refractivity contribution in [2.75, 3.05) is 6.61 Å². The number of carbonyl (C=O) groups excluding carboxylic acids is 2. The van der Waals surface area contributed by atoms with Gasteiger partial charge in [-0.3, -0.25) is 9.59 Å². The van der Waals surface area contributed by atoms with E-state index in [1.54, 1.807) is 6.08 Å². The third kappa shape index (κ3) is 2.33. The summed E-state index contributed by atoms with van der Waals surface area (Å²) in [4.78, 5) is 24.3. The molecule has 8 atom stereocenters. The van der Waals surface area contributed by atoms with E-state index in [2.05, 4.69) is 6.92 Å². The van der Waals surface area contributed by atoms with Crippen LogP contribution >= 0.6 is 0 Å². The molecule has 150 valence electrons. The second-order valence-electron chi connectivity index (χ2n) is 9.70. The average molecular weight is 378 g/mol. The molecule has 0 heterocycles. The number of carbonyl (C=O) groups is 2. The predicted molar refractivity (Wildman–Crippen MR) is 96.5 cm³/mol. The first kappa shape index (κ1) is 19.2. The van der Waals surface area contributed by atoms with Crippen LogP contribution in [0.25, 0.3) is 0 Å². The fourth-order valence-electron chi connectivity index (χ4n) is 7.24. The van der Waals surface area contributed by atoms with Crippen LogP contribution in [0.4, 0.5) is 0 Å². The van der Waals surface area contributed by atoms with E-state index in [0.717, 1.165) is 5.57 Å². The third-order valence-corrected chi connectivity index (χ3v) is 8.68. The average Bonchev–Trinajstić information content (AvgIpc) is 2.87. The third-order valence-electron chi connectivity index (χ3n) is 8.68. The van der Waals surface area contributed by atoms with E-state index < -0.39 is 35.6 Å². The van der Waals surface area contributed by atoms with Gasteiger partial charge in [-0.25, -0.2) is 0 Å². The molecule has 4 rings (SSSR count). The lowest BCUT2D eigenvalue weighted by Crippen LogP contribution is -2.64. The van der Waals surface area contributed by atoms with Crippen molar-refractivity contribution in [1.29, 1.82) is 0 Å². The van der Waals surface area contributed by atoms with Crippen molar-refractivity contribution in [2.45, 2.75) is 70.2 Å². The number of hydrogen-bond acceptors (Lipinski definition) is 6. The molecule has 3 saturated carbocycles. The zero-order valence-corrected chi connectivity index (χ0v) is 16.0. The highest BCUT2D eigenvalue weighted by molar-refractivity contribution is 5.92. The summed E-state index contributed by atoms with van der Waals surface area (Å²) in [7, 11) is 0. The van der Waals surface area contributed by atoms with Crippen LogP contribution in [0.2, 0.25) is 0 Å². The molecule has 0 radical (unpaired) electrons. The Balaban J connectivity index is 1.78. The molecule has 0 aromatic carbocycles. The van der Waals surface area contributed by atoms with E-state index in [4.69, 9.17) is 0 Å². The summed E-state index contributed by atoms with van der Waals surface area (Å²) in [5, 5.41) is 42.7. The molecule has 0 amide bonds. The standard InChI is InChI=1S/C21H30O6/c1-19-5-3-12(23)7-11(19)8-14(24)17-13-4-6-21(27,16(26)10-22)20(13,2)9-15(25)18(17)19/h7,13-15,17-18,22,24-25,27H,3-6,8-10H2,1-2H3. The summed E-state index contributed by atoms with van der Waals surface area (Å²) in [6, 6.07) is 0. The van der Waals surface area contributed by atoms with Crippen LogP contribution in [0.15, 0.2) is 11.6 Å². The molecule has 4 aliphatic carbocycles. The van der Waals surface area contributed by atoms with Gasteiger partial charge in [-0.15, -0.1) is 0 Å². The minimum atomic E-state index is -1.67. The second-order valence-corrected chi connectivity index (χ2v) is 9.70. The second kappa shape index (κ2) is 5.96. The Morgan fingerprint density at radius 1 is 1.22 bits per heavy atom. The van der Waals surface area contributed by atoms with Crippen molar-refractivity contribution < 1.29 is 30.0 Å². The normalized spacial score (nSPS) is 51.9. The Bertz CT molecular complexity index is 715. The van der Waals surface area contributed by atoms with Gasteiger partial charge in [0.15, 0.2) is 11.6 Å². The van der Waals surface area contributed by atoms with E-state index in [-0.39, 0.29) is 41.8 Å². The first-order chi connectivity index (χ1) is 12.6. The highest BCUT2D eigenvalue weighted by Gasteiger charge is 2.69. The Labute approximate surface area is 159 Å². The van der Waals surface area contributed by atoms with Crippen LogP contribution in [0.1, 0.15) is 52.4 Å². The maximum absolute atomic E-state index is 12.4. The topological polar surface area (TPSA) is 115 Å². The molecule has 0 saturated heterocycles. The van der Waals surface area contributed by atoms with E-state index in [1.165, 1.54) is 0 Å². The Hall–Kier alpha value is -1.08. The van der Waals surface area contributed by atoms with Gasteiger partial charge >= 0.3 is 0 Å². The molecule has 8 unspecified atom stereocenters. The highest BCUT2D eigenvalue weighted by Crippen LogP contribution is 2.67. The Morgan fingerprint density at radius 2 is 1.93 bits per heavy atom. The van der Waals surface area contributed by atoms with Gasteiger partial charge < -0.3 is 20.4 Å². The molecule has 27 heavy (non-hydrogen) atoms. The van der Waals surface area contributed by atoms with Crippen molar-refractivity contribution in [3.8, 4) is 0 Å². The van der Waals surface area contributed by atoms with Crippen LogP contribution in [0.3, 0.4) is 0 Å². The summed E-state index contributed by atoms with van der Waals surface area (Å²) in [6.07, 6.45) is 2.73. The first-order valence-electron chi connectivity index (χ1n) is 10.0. The molecule has 0 aromatic rings. The molecule has 4 N–H and O–H groups in total. The van der Waals surface area contributed by atoms with Gasteiger partial charge in [-0.05, 0) is 61.3 Å². The van der Waals surface area contributed by atoms with Crippen molar-refractivity contribution in [3.63, 3.8) is 0 Å². The van der Waals surface area contributed by atoms with Gasteiger partial charge in [0.1, 0.15) is 12.2 Å². The van der Waals surface area contributed by atoms with Crippen molar-refractivity contribution in [2.24, 2.45) is 28.6 Å². The Morgan fingerprint density at radius 3 is 2.59 bits per heavy atom. The number of rotatable bonds is 2. The maximum atomic E-state index is 12.4. The molecule has 0 bridgehead atoms. The lowest BCUT2D eigenvalue weighted by Gasteiger charge is -2.61. The predicted octanol–water partition coefficient (Wildman–Crippen LogP) is 0.752. The zero-order valence-electron chi connectivity index (χ0n) is 16.0. The summed E-state index contributed by atoms with van der Waals surface area (Å²) >= 11 is 0. The van der Waals surface area contributed by atoms with E-state index >= 15 is 0 Å². The monoisotopic (exact) mass is 378 g/mol. The smallest absolute Gasteiger partial charge is 0.190 e. The van der Waals surface area contributed by atoms with Crippen molar-refractivity contribution in [1.82, 2.24) is 0 Å². The summed E-state index contributed by atoms with van der Waals surface area (Å²) in [5.41, 5.74) is -1.97. The number of aliphatic hydroxyl groups excluding tert-OH is 3. The van der Waals surface area contributed by atoms with Gasteiger partial charge in [0.2, 0.25) is 0 Å². The number of Topliss-reactive ketones (excluding diaryl/α,β-unsaturated/α-hetero) is 1. The molecule has 3 fully saturated rings. The summed E-state index contributed by atoms with van der Waals surface area (Å²) in [5.74, 6) is -1.08. The largest absolute Gasteiger partial charge is 0.393 e. The minimum absolute atomic E-state index is 0.0760. The van der Waals surface area contributed by atoms with Gasteiger partial charge in [0.05, 0.1) is 12.2 Å². The first-order valence-corrected chi connectivity index (χ1v) is 10.0. The lowest BCUT2D eigenvalue weighted by molar-refractivity contribution is -0.197. The molecule has 6 heteroatoms. The molecular weight excluding hydrogens is 348 g/mol. The molecule has 0 aliphatic heterocycles. The molecular formula is C21H30O6. The van der Waals surface area contributed by atoms with Crippen LogP contribution in [0, 0.1) is 28.6 Å². The van der Waals surface area contributed by atoms with Crippen LogP contribution in [-0.2, 0) is 9.59 Å². The SMILES string of the molecule is CC12CCC(=O)C=C1CC(O)C1C2C(O)CC2(C)C1CCC2(O)C(=O)CO. The van der Waals surface area contributed by atoms with Gasteiger partial charge in [-0.2, -0.15) is 0 Å². The highest BCUT2D eigenvalue weighted by atomic mass is 16.3. The van der Waals surface area contributed by atoms with Gasteiger partial charge in [0.25, 0.3) is 0 Å². The summed E-state index contributed by atoms with van der Waals surface area (Å²) < 4.78 is 0. The quantitative estimate of drug-likeness (QED) is 0.564. The summed E-state index contributed by atoms with van der Waals surface area (Å²) in [6.45, 7) is 3.18. The minimum Gasteiger partial charge on any atom is -0.393 e. The molecule has 0 aromatic heterocycles.